The molecule has 3 nitrogen and oxygen atoms in total. The van der Waals surface area contributed by atoms with Crippen LogP contribution in [-0.2, 0) is 4.79 Å². The van der Waals surface area contributed by atoms with E-state index in [2.05, 4.69) is 33.0 Å². The summed E-state index contributed by atoms with van der Waals surface area (Å²) in [5.74, 6) is 0.649. The summed E-state index contributed by atoms with van der Waals surface area (Å²) in [6.45, 7) is 10.2. The Hall–Kier alpha value is -0.570. The van der Waals surface area contributed by atoms with Crippen LogP contribution in [-0.4, -0.2) is 19.0 Å². The van der Waals surface area contributed by atoms with Crippen LogP contribution < -0.4 is 11.1 Å². The standard InChI is InChI=1S/C12H26N2O/c1-10(12(2,3)4)9-14-11(15)7-5-6-8-13/h10H,5-9,13H2,1-4H3,(H,14,15). The van der Waals surface area contributed by atoms with Gasteiger partial charge in [0.15, 0.2) is 0 Å². The van der Waals surface area contributed by atoms with Crippen molar-refractivity contribution in [3.05, 3.63) is 0 Å². The van der Waals surface area contributed by atoms with Crippen LogP contribution in [0.5, 0.6) is 0 Å². The third kappa shape index (κ3) is 7.37. The van der Waals surface area contributed by atoms with Crippen molar-refractivity contribution >= 4 is 5.91 Å². The molecule has 0 saturated heterocycles. The van der Waals surface area contributed by atoms with E-state index in [1.807, 2.05) is 0 Å². The molecule has 0 aromatic carbocycles. The molecule has 90 valence electrons. The largest absolute Gasteiger partial charge is 0.356 e. The van der Waals surface area contributed by atoms with Crippen molar-refractivity contribution in [3.8, 4) is 0 Å². The zero-order chi connectivity index (χ0) is 11.9. The van der Waals surface area contributed by atoms with Crippen molar-refractivity contribution in [2.24, 2.45) is 17.1 Å². The predicted octanol–water partition coefficient (Wildman–Crippen LogP) is 1.91. The number of nitrogens with two attached hydrogens (primary N) is 1. The highest BCUT2D eigenvalue weighted by Crippen LogP contribution is 2.24. The number of amides is 1. The summed E-state index contributed by atoms with van der Waals surface area (Å²) >= 11 is 0. The number of hydrogen-bond donors (Lipinski definition) is 2. The first-order valence-electron chi connectivity index (χ1n) is 5.84. The Kier molecular flexibility index (Phi) is 6.57. The first-order valence-corrected chi connectivity index (χ1v) is 5.84. The Balaban J connectivity index is 3.62. The highest BCUT2D eigenvalue weighted by Gasteiger charge is 2.19. The van der Waals surface area contributed by atoms with Gasteiger partial charge in [-0.15, -0.1) is 0 Å². The van der Waals surface area contributed by atoms with E-state index in [0.717, 1.165) is 19.4 Å². The lowest BCUT2D eigenvalue weighted by atomic mass is 9.82. The maximum atomic E-state index is 11.4. The molecule has 3 N–H and O–H groups in total. The van der Waals surface area contributed by atoms with E-state index in [9.17, 15) is 4.79 Å². The molecule has 0 rings (SSSR count). The molecular formula is C12H26N2O. The minimum absolute atomic E-state index is 0.152. The second-order valence-electron chi connectivity index (χ2n) is 5.32. The highest BCUT2D eigenvalue weighted by atomic mass is 16.1. The van der Waals surface area contributed by atoms with E-state index in [0.29, 0.717) is 18.9 Å². The zero-order valence-corrected chi connectivity index (χ0v) is 10.6. The Labute approximate surface area is 93.8 Å². The molecule has 0 heterocycles. The monoisotopic (exact) mass is 214 g/mol. The minimum atomic E-state index is 0.152. The molecule has 1 atom stereocenters. The van der Waals surface area contributed by atoms with Crippen molar-refractivity contribution in [1.82, 2.24) is 5.32 Å². The van der Waals surface area contributed by atoms with Crippen LogP contribution in [0.3, 0.4) is 0 Å². The van der Waals surface area contributed by atoms with E-state index in [4.69, 9.17) is 5.73 Å². The molecule has 0 aromatic rings. The third-order valence-corrected chi connectivity index (χ3v) is 2.94. The summed E-state index contributed by atoms with van der Waals surface area (Å²) in [4.78, 5) is 11.4. The molecule has 15 heavy (non-hydrogen) atoms. The Bertz CT molecular complexity index is 185. The molecule has 3 heteroatoms. The van der Waals surface area contributed by atoms with Crippen molar-refractivity contribution in [2.45, 2.75) is 47.0 Å². The number of unbranched alkanes of at least 4 members (excludes halogenated alkanes) is 1. The lowest BCUT2D eigenvalue weighted by molar-refractivity contribution is -0.121. The lowest BCUT2D eigenvalue weighted by Crippen LogP contribution is -2.33. The van der Waals surface area contributed by atoms with E-state index >= 15 is 0 Å². The van der Waals surface area contributed by atoms with Gasteiger partial charge in [0, 0.05) is 13.0 Å². The molecule has 0 saturated carbocycles. The van der Waals surface area contributed by atoms with Crippen LogP contribution in [0.15, 0.2) is 0 Å². The topological polar surface area (TPSA) is 55.1 Å². The van der Waals surface area contributed by atoms with Gasteiger partial charge in [0.25, 0.3) is 0 Å². The van der Waals surface area contributed by atoms with Crippen molar-refractivity contribution in [3.63, 3.8) is 0 Å². The van der Waals surface area contributed by atoms with Crippen LogP contribution in [0.4, 0.5) is 0 Å². The molecule has 0 aliphatic rings. The summed E-state index contributed by atoms with van der Waals surface area (Å²) in [5, 5.41) is 2.97. The Morgan fingerprint density at radius 2 is 1.93 bits per heavy atom. The fourth-order valence-electron chi connectivity index (χ4n) is 1.09. The van der Waals surface area contributed by atoms with Gasteiger partial charge in [0.05, 0.1) is 0 Å². The van der Waals surface area contributed by atoms with Gasteiger partial charge >= 0.3 is 0 Å². The average Bonchev–Trinajstić information content (AvgIpc) is 2.13. The van der Waals surface area contributed by atoms with E-state index in [1.165, 1.54) is 0 Å². The second-order valence-corrected chi connectivity index (χ2v) is 5.32. The molecule has 0 spiro atoms. The lowest BCUT2D eigenvalue weighted by Gasteiger charge is -2.27. The molecule has 0 radical (unpaired) electrons. The minimum Gasteiger partial charge on any atom is -0.356 e. The van der Waals surface area contributed by atoms with Gasteiger partial charge in [-0.2, -0.15) is 0 Å². The smallest absolute Gasteiger partial charge is 0.220 e. The van der Waals surface area contributed by atoms with E-state index < -0.39 is 0 Å². The average molecular weight is 214 g/mol. The van der Waals surface area contributed by atoms with Crippen molar-refractivity contribution in [1.29, 1.82) is 0 Å². The van der Waals surface area contributed by atoms with Crippen LogP contribution in [0.2, 0.25) is 0 Å². The molecule has 0 aliphatic heterocycles. The van der Waals surface area contributed by atoms with Crippen LogP contribution >= 0.6 is 0 Å². The molecular weight excluding hydrogens is 188 g/mol. The number of hydrogen-bond acceptors (Lipinski definition) is 2. The van der Waals surface area contributed by atoms with Crippen LogP contribution in [0, 0.1) is 11.3 Å². The summed E-state index contributed by atoms with van der Waals surface area (Å²) in [5.41, 5.74) is 5.62. The predicted molar refractivity (Wildman–Crippen MR) is 64.5 cm³/mol. The summed E-state index contributed by atoms with van der Waals surface area (Å²) < 4.78 is 0. The van der Waals surface area contributed by atoms with Gasteiger partial charge in [-0.05, 0) is 30.7 Å². The van der Waals surface area contributed by atoms with Crippen molar-refractivity contribution in [2.75, 3.05) is 13.1 Å². The molecule has 0 bridgehead atoms. The van der Waals surface area contributed by atoms with E-state index in [-0.39, 0.29) is 11.3 Å². The molecule has 0 aliphatic carbocycles. The summed E-state index contributed by atoms with van der Waals surface area (Å²) in [6, 6.07) is 0. The molecule has 1 unspecified atom stereocenters. The van der Waals surface area contributed by atoms with Gasteiger partial charge in [0.1, 0.15) is 0 Å². The van der Waals surface area contributed by atoms with Gasteiger partial charge in [-0.3, -0.25) is 4.79 Å². The quantitative estimate of drug-likeness (QED) is 0.664. The summed E-state index contributed by atoms with van der Waals surface area (Å²) in [7, 11) is 0. The fraction of sp³-hybridized carbons (Fsp3) is 0.917. The Morgan fingerprint density at radius 3 is 2.40 bits per heavy atom. The first-order chi connectivity index (χ1) is 6.88. The number of nitrogens with one attached hydrogen (secondary N) is 1. The maximum absolute atomic E-state index is 11.4. The van der Waals surface area contributed by atoms with E-state index in [1.54, 1.807) is 0 Å². The van der Waals surface area contributed by atoms with Gasteiger partial charge in [0.2, 0.25) is 5.91 Å². The normalized spacial score (nSPS) is 13.7. The van der Waals surface area contributed by atoms with Crippen molar-refractivity contribution < 1.29 is 4.79 Å². The van der Waals surface area contributed by atoms with Gasteiger partial charge < -0.3 is 11.1 Å². The third-order valence-electron chi connectivity index (χ3n) is 2.94. The second kappa shape index (κ2) is 6.83. The first kappa shape index (κ1) is 14.4. The highest BCUT2D eigenvalue weighted by molar-refractivity contribution is 5.75. The zero-order valence-electron chi connectivity index (χ0n) is 10.6. The van der Waals surface area contributed by atoms with Crippen LogP contribution in [0.1, 0.15) is 47.0 Å². The SMILES string of the molecule is CC(CNC(=O)CCCCN)C(C)(C)C. The molecule has 0 fully saturated rings. The Morgan fingerprint density at radius 1 is 1.33 bits per heavy atom. The van der Waals surface area contributed by atoms with Gasteiger partial charge in [-0.25, -0.2) is 0 Å². The van der Waals surface area contributed by atoms with Gasteiger partial charge in [-0.1, -0.05) is 27.7 Å². The number of rotatable bonds is 6. The molecule has 1 amide bonds. The number of carbonyl (C=O) groups is 1. The number of carbonyl (C=O) groups excluding carboxylic acids is 1. The fourth-order valence-corrected chi connectivity index (χ4v) is 1.09. The maximum Gasteiger partial charge on any atom is 0.220 e. The summed E-state index contributed by atoms with van der Waals surface area (Å²) in [6.07, 6.45) is 2.43. The molecule has 0 aromatic heterocycles. The van der Waals surface area contributed by atoms with Crippen LogP contribution in [0.25, 0.3) is 0 Å².